The maximum atomic E-state index is 3.84. The summed E-state index contributed by atoms with van der Waals surface area (Å²) in [6.07, 6.45) is 9.34. The average molecular weight is 252 g/mol. The lowest BCUT2D eigenvalue weighted by molar-refractivity contribution is 0.930. The molecule has 0 bridgehead atoms. The molecule has 0 aliphatic heterocycles. The smallest absolute Gasteiger partial charge is 0.0443 e. The average Bonchev–Trinajstić information content (AvgIpc) is 2.40. The van der Waals surface area contributed by atoms with Gasteiger partial charge in [-0.25, -0.2) is 0 Å². The normalized spacial score (nSPS) is 9.68. The Bertz CT molecular complexity index is 419. The topological polar surface area (TPSA) is 3.24 Å². The van der Waals surface area contributed by atoms with Crippen molar-refractivity contribution in [1.29, 1.82) is 0 Å². The van der Waals surface area contributed by atoms with Gasteiger partial charge in [0.15, 0.2) is 0 Å². The summed E-state index contributed by atoms with van der Waals surface area (Å²) in [6.45, 7) is 16.9. The van der Waals surface area contributed by atoms with Crippen molar-refractivity contribution in [3.63, 3.8) is 0 Å². The molecule has 99 valence electrons. The molecule has 1 aromatic rings. The van der Waals surface area contributed by atoms with Crippen LogP contribution in [0.5, 0.6) is 0 Å². The summed E-state index contributed by atoms with van der Waals surface area (Å²) in [6, 6.07) is 7.27. The van der Waals surface area contributed by atoms with E-state index in [0.29, 0.717) is 0 Å². The van der Waals surface area contributed by atoms with Crippen LogP contribution in [0.15, 0.2) is 62.8 Å². The van der Waals surface area contributed by atoms with Crippen LogP contribution in [-0.4, -0.2) is 13.1 Å². The Kier molecular flexibility index (Phi) is 6.45. The molecule has 0 fully saturated rings. The van der Waals surface area contributed by atoms with E-state index in [1.165, 1.54) is 16.8 Å². The predicted octanol–water partition coefficient (Wildman–Crippen LogP) is 4.12. The molecule has 0 saturated carbocycles. The summed E-state index contributed by atoms with van der Waals surface area (Å²) in [5.41, 5.74) is 3.70. The summed E-state index contributed by atoms with van der Waals surface area (Å²) >= 11 is 0. The lowest BCUT2D eigenvalue weighted by Crippen LogP contribution is -2.25. The summed E-state index contributed by atoms with van der Waals surface area (Å²) in [5.74, 6) is 0. The van der Waals surface area contributed by atoms with Crippen LogP contribution in [0.1, 0.15) is 11.1 Å². The lowest BCUT2D eigenvalue weighted by Gasteiger charge is -2.27. The fraction of sp³-hybridized carbons (Fsp3) is 0.222. The second-order valence-electron chi connectivity index (χ2n) is 4.32. The molecule has 1 aromatic carbocycles. The van der Waals surface area contributed by atoms with Gasteiger partial charge in [-0.3, -0.25) is 0 Å². The van der Waals surface area contributed by atoms with E-state index >= 15 is 0 Å². The van der Waals surface area contributed by atoms with Crippen LogP contribution < -0.4 is 4.90 Å². The summed E-state index contributed by atoms with van der Waals surface area (Å²) in [5, 5.41) is 0. The van der Waals surface area contributed by atoms with E-state index in [1.807, 2.05) is 36.4 Å². The first-order valence-corrected chi connectivity index (χ1v) is 6.48. The van der Waals surface area contributed by atoms with E-state index < -0.39 is 0 Å². The second-order valence-corrected chi connectivity index (χ2v) is 4.32. The minimum absolute atomic E-state index is 0.796. The Morgan fingerprint density at radius 2 is 1.32 bits per heavy atom. The third-order valence-electron chi connectivity index (χ3n) is 2.87. The Morgan fingerprint density at radius 3 is 1.68 bits per heavy atom. The largest absolute Gasteiger partial charge is 0.364 e. The number of hydrogen-bond acceptors (Lipinski definition) is 1. The van der Waals surface area contributed by atoms with Crippen molar-refractivity contribution in [2.45, 2.75) is 12.8 Å². The molecule has 1 radical (unpaired) electrons. The number of benzene rings is 1. The Balaban J connectivity index is 3.29. The SMILES string of the molecule is C=CCc1c[c]cc(CC=C)c1N(CC=C)CC=C. The van der Waals surface area contributed by atoms with Gasteiger partial charge in [0, 0.05) is 18.8 Å². The van der Waals surface area contributed by atoms with E-state index in [-0.39, 0.29) is 0 Å². The minimum Gasteiger partial charge on any atom is -0.364 e. The van der Waals surface area contributed by atoms with Crippen LogP contribution in [-0.2, 0) is 12.8 Å². The van der Waals surface area contributed by atoms with Crippen molar-refractivity contribution in [3.8, 4) is 0 Å². The van der Waals surface area contributed by atoms with E-state index in [2.05, 4.69) is 37.3 Å². The highest BCUT2D eigenvalue weighted by molar-refractivity contribution is 5.61. The van der Waals surface area contributed by atoms with Gasteiger partial charge >= 0.3 is 0 Å². The zero-order valence-corrected chi connectivity index (χ0v) is 11.6. The van der Waals surface area contributed by atoms with Gasteiger partial charge in [0.05, 0.1) is 0 Å². The Labute approximate surface area is 117 Å². The highest BCUT2D eigenvalue weighted by atomic mass is 15.1. The van der Waals surface area contributed by atoms with Crippen LogP contribution in [0.4, 0.5) is 5.69 Å². The first-order valence-electron chi connectivity index (χ1n) is 6.48. The molecule has 0 atom stereocenters. The molecule has 1 nitrogen and oxygen atoms in total. The molecule has 0 N–H and O–H groups in total. The van der Waals surface area contributed by atoms with Gasteiger partial charge in [-0.2, -0.15) is 0 Å². The van der Waals surface area contributed by atoms with E-state index in [4.69, 9.17) is 0 Å². The van der Waals surface area contributed by atoms with Crippen molar-refractivity contribution in [2.24, 2.45) is 0 Å². The first kappa shape index (κ1) is 15.0. The maximum absolute atomic E-state index is 3.84. The molecule has 0 heterocycles. The number of anilines is 1. The van der Waals surface area contributed by atoms with Gasteiger partial charge in [-0.15, -0.1) is 26.3 Å². The summed E-state index contributed by atoms with van der Waals surface area (Å²) in [7, 11) is 0. The fourth-order valence-corrected chi connectivity index (χ4v) is 2.18. The molecule has 0 aromatic heterocycles. The van der Waals surface area contributed by atoms with Gasteiger partial charge in [0.2, 0.25) is 0 Å². The van der Waals surface area contributed by atoms with E-state index in [0.717, 1.165) is 25.9 Å². The molecule has 0 unspecified atom stereocenters. The first-order chi connectivity index (χ1) is 9.28. The summed E-state index contributed by atoms with van der Waals surface area (Å²) in [4.78, 5) is 2.27. The highest BCUT2D eigenvalue weighted by Crippen LogP contribution is 2.27. The minimum atomic E-state index is 0.796. The van der Waals surface area contributed by atoms with Gasteiger partial charge in [0.1, 0.15) is 0 Å². The number of nitrogens with zero attached hydrogens (tertiary/aromatic N) is 1. The Morgan fingerprint density at radius 1 is 0.842 bits per heavy atom. The molecule has 1 rings (SSSR count). The second kappa shape index (κ2) is 8.15. The third-order valence-corrected chi connectivity index (χ3v) is 2.87. The van der Waals surface area contributed by atoms with Crippen LogP contribution in [0.2, 0.25) is 0 Å². The van der Waals surface area contributed by atoms with Crippen molar-refractivity contribution in [3.05, 3.63) is 79.9 Å². The highest BCUT2D eigenvalue weighted by Gasteiger charge is 2.12. The van der Waals surface area contributed by atoms with Crippen LogP contribution >= 0.6 is 0 Å². The molecule has 0 amide bonds. The maximum Gasteiger partial charge on any atom is 0.0443 e. The van der Waals surface area contributed by atoms with Crippen molar-refractivity contribution in [2.75, 3.05) is 18.0 Å². The molecule has 19 heavy (non-hydrogen) atoms. The van der Waals surface area contributed by atoms with Crippen molar-refractivity contribution < 1.29 is 0 Å². The van der Waals surface area contributed by atoms with E-state index in [1.54, 1.807) is 0 Å². The zero-order chi connectivity index (χ0) is 14.1. The van der Waals surface area contributed by atoms with Crippen LogP contribution in [0, 0.1) is 6.07 Å². The lowest BCUT2D eigenvalue weighted by atomic mass is 10.0. The molecular weight excluding hydrogens is 230 g/mol. The molecule has 0 aliphatic rings. The summed E-state index contributed by atoms with van der Waals surface area (Å²) < 4.78 is 0. The molecule has 1 heteroatoms. The molecule has 0 saturated heterocycles. The van der Waals surface area contributed by atoms with Crippen LogP contribution in [0.3, 0.4) is 0 Å². The molecular formula is C18H22N. The quantitative estimate of drug-likeness (QED) is 0.597. The van der Waals surface area contributed by atoms with E-state index in [9.17, 15) is 0 Å². The van der Waals surface area contributed by atoms with Crippen LogP contribution in [0.25, 0.3) is 0 Å². The zero-order valence-electron chi connectivity index (χ0n) is 11.6. The van der Waals surface area contributed by atoms with Crippen molar-refractivity contribution >= 4 is 5.69 Å². The monoisotopic (exact) mass is 252 g/mol. The third kappa shape index (κ3) is 3.99. The molecule has 0 aliphatic carbocycles. The molecule has 0 spiro atoms. The van der Waals surface area contributed by atoms with Gasteiger partial charge < -0.3 is 4.90 Å². The standard InChI is InChI=1S/C18H22N/c1-5-10-16-12-9-13-17(11-6-2)18(16)19(14-7-3)15-8-4/h5-8,12-13H,1-4,10-11,14-15H2. The van der Waals surface area contributed by atoms with Gasteiger partial charge in [-0.05, 0) is 42.2 Å². The predicted molar refractivity (Wildman–Crippen MR) is 85.7 cm³/mol. The number of hydrogen-bond donors (Lipinski definition) is 0. The van der Waals surface area contributed by atoms with Gasteiger partial charge in [-0.1, -0.05) is 24.3 Å². The Hall–Kier alpha value is -2.02. The fourth-order valence-electron chi connectivity index (χ4n) is 2.18. The van der Waals surface area contributed by atoms with Crippen molar-refractivity contribution in [1.82, 2.24) is 0 Å². The van der Waals surface area contributed by atoms with Gasteiger partial charge in [0.25, 0.3) is 0 Å². The number of rotatable bonds is 9. The number of allylic oxidation sites excluding steroid dienone is 2.